The molecule has 6 heteroatoms. The lowest BCUT2D eigenvalue weighted by atomic mass is 10.2. The van der Waals surface area contributed by atoms with Crippen molar-refractivity contribution in [1.82, 2.24) is 10.0 Å². The van der Waals surface area contributed by atoms with Crippen molar-refractivity contribution in [3.63, 3.8) is 0 Å². The second-order valence-electron chi connectivity index (χ2n) is 4.64. The molecule has 19 heavy (non-hydrogen) atoms. The first kappa shape index (κ1) is 14.1. The molecule has 5 nitrogen and oxygen atoms in total. The number of hydrogen-bond donors (Lipinski definition) is 1. The fraction of sp³-hybridized carbons (Fsp3) is 0.462. The van der Waals surface area contributed by atoms with E-state index in [9.17, 15) is 4.79 Å². The topological polar surface area (TPSA) is 44.8 Å². The third kappa shape index (κ3) is 3.83. The molecular formula is C13H18ClN3O2. The van der Waals surface area contributed by atoms with Gasteiger partial charge in [-0.25, -0.2) is 14.8 Å². The molecule has 0 radical (unpaired) electrons. The summed E-state index contributed by atoms with van der Waals surface area (Å²) in [5, 5.41) is 7.30. The number of hydrogen-bond acceptors (Lipinski definition) is 4. The van der Waals surface area contributed by atoms with E-state index < -0.39 is 6.09 Å². The second kappa shape index (κ2) is 6.23. The Kier molecular flexibility index (Phi) is 4.63. The molecular weight excluding hydrogens is 266 g/mol. The van der Waals surface area contributed by atoms with Gasteiger partial charge in [-0.15, -0.1) is 0 Å². The normalized spacial score (nSPS) is 21.1. The highest BCUT2D eigenvalue weighted by Crippen LogP contribution is 2.21. The van der Waals surface area contributed by atoms with Crippen LogP contribution in [-0.4, -0.2) is 49.4 Å². The van der Waals surface area contributed by atoms with Crippen molar-refractivity contribution in [1.29, 1.82) is 0 Å². The van der Waals surface area contributed by atoms with E-state index in [0.717, 1.165) is 13.0 Å². The Morgan fingerprint density at radius 3 is 2.79 bits per heavy atom. The number of anilines is 1. The van der Waals surface area contributed by atoms with Gasteiger partial charge in [0.15, 0.2) is 0 Å². The molecule has 1 aromatic carbocycles. The van der Waals surface area contributed by atoms with Gasteiger partial charge in [0.25, 0.3) is 0 Å². The van der Waals surface area contributed by atoms with Crippen LogP contribution >= 0.6 is 11.6 Å². The summed E-state index contributed by atoms with van der Waals surface area (Å²) in [5.41, 5.74) is 0.565. The first-order valence-corrected chi connectivity index (χ1v) is 6.58. The number of ether oxygens (including phenoxy) is 1. The summed E-state index contributed by atoms with van der Waals surface area (Å²) in [7, 11) is 3.99. The van der Waals surface area contributed by atoms with Gasteiger partial charge in [0.05, 0.1) is 17.3 Å². The Hall–Kier alpha value is -1.30. The van der Waals surface area contributed by atoms with E-state index in [-0.39, 0.29) is 6.10 Å². The fourth-order valence-corrected chi connectivity index (χ4v) is 2.16. The van der Waals surface area contributed by atoms with Crippen LogP contribution < -0.4 is 5.32 Å². The van der Waals surface area contributed by atoms with Gasteiger partial charge in [-0.2, -0.15) is 0 Å². The molecule has 1 saturated heterocycles. The van der Waals surface area contributed by atoms with Crippen molar-refractivity contribution >= 4 is 23.4 Å². The van der Waals surface area contributed by atoms with E-state index in [0.29, 0.717) is 17.3 Å². The predicted molar refractivity (Wildman–Crippen MR) is 75.2 cm³/mol. The van der Waals surface area contributed by atoms with Crippen molar-refractivity contribution in [2.24, 2.45) is 0 Å². The van der Waals surface area contributed by atoms with Crippen LogP contribution in [0.4, 0.5) is 10.5 Å². The molecule has 0 saturated carbocycles. The minimum Gasteiger partial charge on any atom is -0.445 e. The zero-order chi connectivity index (χ0) is 13.8. The number of carbonyl (C=O) groups excluding carboxylic acids is 1. The van der Waals surface area contributed by atoms with Gasteiger partial charge in [0, 0.05) is 20.6 Å². The minimum atomic E-state index is -0.462. The van der Waals surface area contributed by atoms with E-state index >= 15 is 0 Å². The summed E-state index contributed by atoms with van der Waals surface area (Å²) in [6.07, 6.45) is 0.274. The van der Waals surface area contributed by atoms with Crippen LogP contribution in [-0.2, 0) is 4.74 Å². The summed E-state index contributed by atoms with van der Waals surface area (Å²) < 4.78 is 5.39. The zero-order valence-corrected chi connectivity index (χ0v) is 11.9. The highest BCUT2D eigenvalue weighted by atomic mass is 35.5. The van der Waals surface area contributed by atoms with E-state index in [2.05, 4.69) is 10.3 Å². The maximum Gasteiger partial charge on any atom is 0.411 e. The first-order valence-electron chi connectivity index (χ1n) is 6.20. The summed E-state index contributed by atoms with van der Waals surface area (Å²) >= 11 is 5.97. The molecule has 1 N–H and O–H groups in total. The van der Waals surface area contributed by atoms with Crippen LogP contribution in [0.1, 0.15) is 6.42 Å². The van der Waals surface area contributed by atoms with Crippen LogP contribution in [0.25, 0.3) is 0 Å². The highest BCUT2D eigenvalue weighted by molar-refractivity contribution is 6.33. The maximum absolute atomic E-state index is 11.8. The number of likely N-dealkylation sites (N-methyl/N-ethyl adjacent to an activating group) is 1. The number of para-hydroxylation sites is 1. The Bertz CT molecular complexity index is 455. The molecule has 1 aliphatic heterocycles. The average Bonchev–Trinajstić information content (AvgIpc) is 2.37. The zero-order valence-electron chi connectivity index (χ0n) is 11.1. The number of rotatable bonds is 2. The number of halogens is 1. The second-order valence-corrected chi connectivity index (χ2v) is 5.05. The van der Waals surface area contributed by atoms with Gasteiger partial charge in [-0.1, -0.05) is 23.7 Å². The molecule has 1 aromatic rings. The number of nitrogens with zero attached hydrogens (tertiary/aromatic N) is 2. The Morgan fingerprint density at radius 1 is 1.37 bits per heavy atom. The largest absolute Gasteiger partial charge is 0.445 e. The maximum atomic E-state index is 11.8. The molecule has 1 aliphatic rings. The summed E-state index contributed by atoms with van der Waals surface area (Å²) in [6.45, 7) is 1.58. The standard InChI is InChI=1S/C13H18ClN3O2/c1-16-8-7-10(9-17(16)2)19-13(18)15-12-6-4-3-5-11(12)14/h3-6,10H,7-9H2,1-2H3,(H,15,18). The van der Waals surface area contributed by atoms with Gasteiger partial charge < -0.3 is 4.74 Å². The number of benzene rings is 1. The molecule has 0 spiro atoms. The van der Waals surface area contributed by atoms with Crippen molar-refractivity contribution in [3.8, 4) is 0 Å². The average molecular weight is 284 g/mol. The minimum absolute atomic E-state index is 0.0938. The van der Waals surface area contributed by atoms with Gasteiger partial charge in [0.1, 0.15) is 6.10 Å². The van der Waals surface area contributed by atoms with E-state index in [1.807, 2.05) is 31.2 Å². The lowest BCUT2D eigenvalue weighted by molar-refractivity contribution is -0.0597. The molecule has 1 unspecified atom stereocenters. The molecule has 0 aromatic heterocycles. The van der Waals surface area contributed by atoms with E-state index in [1.54, 1.807) is 12.1 Å². The Morgan fingerprint density at radius 2 is 2.11 bits per heavy atom. The van der Waals surface area contributed by atoms with E-state index in [1.165, 1.54) is 0 Å². The van der Waals surface area contributed by atoms with Gasteiger partial charge >= 0.3 is 6.09 Å². The van der Waals surface area contributed by atoms with Crippen LogP contribution in [0.5, 0.6) is 0 Å². The first-order chi connectivity index (χ1) is 9.06. The SMILES string of the molecule is CN1CCC(OC(=O)Nc2ccccc2Cl)CN1C. The summed E-state index contributed by atoms with van der Waals surface area (Å²) in [4.78, 5) is 11.8. The molecule has 1 atom stereocenters. The molecule has 0 bridgehead atoms. The van der Waals surface area contributed by atoms with Crippen molar-refractivity contribution < 1.29 is 9.53 Å². The predicted octanol–water partition coefficient (Wildman–Crippen LogP) is 2.44. The fourth-order valence-electron chi connectivity index (χ4n) is 1.98. The highest BCUT2D eigenvalue weighted by Gasteiger charge is 2.24. The molecule has 0 aliphatic carbocycles. The lowest BCUT2D eigenvalue weighted by Crippen LogP contribution is -2.49. The van der Waals surface area contributed by atoms with Crippen LogP contribution in [0.3, 0.4) is 0 Å². The molecule has 1 amide bonds. The quantitative estimate of drug-likeness (QED) is 0.905. The van der Waals surface area contributed by atoms with Crippen molar-refractivity contribution in [2.45, 2.75) is 12.5 Å². The third-order valence-electron chi connectivity index (χ3n) is 3.21. The van der Waals surface area contributed by atoms with Crippen LogP contribution in [0, 0.1) is 0 Å². The Labute approximate surface area is 118 Å². The van der Waals surface area contributed by atoms with Gasteiger partial charge in [0.2, 0.25) is 0 Å². The molecule has 1 fully saturated rings. The monoisotopic (exact) mass is 283 g/mol. The van der Waals surface area contributed by atoms with Crippen molar-refractivity contribution in [3.05, 3.63) is 29.3 Å². The molecule has 1 heterocycles. The third-order valence-corrected chi connectivity index (χ3v) is 3.54. The molecule has 2 rings (SSSR count). The van der Waals surface area contributed by atoms with E-state index in [4.69, 9.17) is 16.3 Å². The Balaban J connectivity index is 1.87. The smallest absolute Gasteiger partial charge is 0.411 e. The lowest BCUT2D eigenvalue weighted by Gasteiger charge is -2.36. The number of hydrazine groups is 1. The summed E-state index contributed by atoms with van der Waals surface area (Å²) in [5.74, 6) is 0. The van der Waals surface area contributed by atoms with Gasteiger partial charge in [-0.05, 0) is 18.6 Å². The number of nitrogens with one attached hydrogen (secondary N) is 1. The van der Waals surface area contributed by atoms with Crippen LogP contribution in [0.2, 0.25) is 5.02 Å². The number of carbonyl (C=O) groups is 1. The van der Waals surface area contributed by atoms with Gasteiger partial charge in [-0.3, -0.25) is 5.32 Å². The van der Waals surface area contributed by atoms with Crippen LogP contribution in [0.15, 0.2) is 24.3 Å². The summed E-state index contributed by atoms with van der Waals surface area (Å²) in [6, 6.07) is 7.08. The molecule has 104 valence electrons. The van der Waals surface area contributed by atoms with Crippen molar-refractivity contribution in [2.75, 3.05) is 32.5 Å². The number of amides is 1.